The SMILES string of the molecule is CC(C)Cc1nc(CNCC2CCN(CCO)CC2)no1. The Labute approximate surface area is 126 Å². The van der Waals surface area contributed by atoms with Crippen LogP contribution in [0.15, 0.2) is 4.52 Å². The summed E-state index contributed by atoms with van der Waals surface area (Å²) in [4.78, 5) is 6.72. The molecule has 120 valence electrons. The van der Waals surface area contributed by atoms with E-state index in [-0.39, 0.29) is 6.61 Å². The maximum Gasteiger partial charge on any atom is 0.226 e. The molecule has 1 aromatic rings. The molecule has 0 aromatic carbocycles. The summed E-state index contributed by atoms with van der Waals surface area (Å²) in [5.41, 5.74) is 0. The largest absolute Gasteiger partial charge is 0.395 e. The highest BCUT2D eigenvalue weighted by Gasteiger charge is 2.18. The maximum atomic E-state index is 8.93. The Kier molecular flexibility index (Phi) is 6.60. The Morgan fingerprint density at radius 1 is 1.38 bits per heavy atom. The third kappa shape index (κ3) is 5.73. The number of hydrogen-bond donors (Lipinski definition) is 2. The minimum Gasteiger partial charge on any atom is -0.395 e. The number of aliphatic hydroxyl groups is 1. The molecule has 0 aliphatic carbocycles. The van der Waals surface area contributed by atoms with Crippen molar-refractivity contribution >= 4 is 0 Å². The highest BCUT2D eigenvalue weighted by Crippen LogP contribution is 2.16. The van der Waals surface area contributed by atoms with E-state index in [1.54, 1.807) is 0 Å². The molecule has 1 aromatic heterocycles. The first-order chi connectivity index (χ1) is 10.2. The monoisotopic (exact) mass is 296 g/mol. The fourth-order valence-corrected chi connectivity index (χ4v) is 2.74. The van der Waals surface area contributed by atoms with E-state index in [9.17, 15) is 0 Å². The van der Waals surface area contributed by atoms with Crippen LogP contribution in [-0.2, 0) is 13.0 Å². The van der Waals surface area contributed by atoms with Gasteiger partial charge in [-0.2, -0.15) is 4.98 Å². The molecule has 2 N–H and O–H groups in total. The second kappa shape index (κ2) is 8.46. The first kappa shape index (κ1) is 16.4. The highest BCUT2D eigenvalue weighted by molar-refractivity contribution is 4.87. The van der Waals surface area contributed by atoms with E-state index in [0.29, 0.717) is 18.4 Å². The number of nitrogens with one attached hydrogen (secondary N) is 1. The van der Waals surface area contributed by atoms with Crippen LogP contribution in [0.5, 0.6) is 0 Å². The number of piperidine rings is 1. The molecule has 1 aliphatic rings. The molecular weight excluding hydrogens is 268 g/mol. The van der Waals surface area contributed by atoms with Crippen LogP contribution in [0.2, 0.25) is 0 Å². The molecule has 21 heavy (non-hydrogen) atoms. The average molecular weight is 296 g/mol. The normalized spacial score (nSPS) is 17.7. The molecule has 2 heterocycles. The van der Waals surface area contributed by atoms with Gasteiger partial charge in [-0.15, -0.1) is 0 Å². The van der Waals surface area contributed by atoms with Crippen molar-refractivity contribution in [1.82, 2.24) is 20.4 Å². The van der Waals surface area contributed by atoms with Crippen molar-refractivity contribution in [2.75, 3.05) is 32.8 Å². The molecule has 0 amide bonds. The van der Waals surface area contributed by atoms with Crippen LogP contribution < -0.4 is 5.32 Å². The van der Waals surface area contributed by atoms with Gasteiger partial charge in [0.1, 0.15) is 0 Å². The molecule has 0 saturated carbocycles. The summed E-state index contributed by atoms with van der Waals surface area (Å²) in [5.74, 6) is 2.74. The summed E-state index contributed by atoms with van der Waals surface area (Å²) in [5, 5.41) is 16.4. The Balaban J connectivity index is 1.62. The van der Waals surface area contributed by atoms with Gasteiger partial charge in [0, 0.05) is 13.0 Å². The summed E-state index contributed by atoms with van der Waals surface area (Å²) in [7, 11) is 0. The van der Waals surface area contributed by atoms with Crippen LogP contribution in [0.25, 0.3) is 0 Å². The number of hydrogen-bond acceptors (Lipinski definition) is 6. The molecule has 0 unspecified atom stereocenters. The van der Waals surface area contributed by atoms with E-state index >= 15 is 0 Å². The van der Waals surface area contributed by atoms with E-state index in [1.807, 2.05) is 0 Å². The third-order valence-corrected chi connectivity index (χ3v) is 3.93. The van der Waals surface area contributed by atoms with Crippen molar-refractivity contribution in [1.29, 1.82) is 0 Å². The molecule has 0 bridgehead atoms. The van der Waals surface area contributed by atoms with E-state index < -0.39 is 0 Å². The zero-order chi connectivity index (χ0) is 15.1. The second-order valence-electron chi connectivity index (χ2n) is 6.34. The lowest BCUT2D eigenvalue weighted by Gasteiger charge is -2.31. The third-order valence-electron chi connectivity index (χ3n) is 3.93. The highest BCUT2D eigenvalue weighted by atomic mass is 16.5. The van der Waals surface area contributed by atoms with Crippen LogP contribution in [0.3, 0.4) is 0 Å². The summed E-state index contributed by atoms with van der Waals surface area (Å²) >= 11 is 0. The number of likely N-dealkylation sites (tertiary alicyclic amines) is 1. The van der Waals surface area contributed by atoms with Gasteiger partial charge in [-0.25, -0.2) is 0 Å². The minimum atomic E-state index is 0.263. The quantitative estimate of drug-likeness (QED) is 0.747. The topological polar surface area (TPSA) is 74.4 Å². The van der Waals surface area contributed by atoms with Crippen molar-refractivity contribution in [3.63, 3.8) is 0 Å². The molecule has 0 atom stereocenters. The molecule has 0 spiro atoms. The van der Waals surface area contributed by atoms with Gasteiger partial charge in [0.2, 0.25) is 5.89 Å². The molecule has 6 nitrogen and oxygen atoms in total. The average Bonchev–Trinajstić information content (AvgIpc) is 2.88. The van der Waals surface area contributed by atoms with Crippen LogP contribution >= 0.6 is 0 Å². The van der Waals surface area contributed by atoms with Crippen LogP contribution in [-0.4, -0.2) is 52.9 Å². The van der Waals surface area contributed by atoms with Crippen molar-refractivity contribution in [3.05, 3.63) is 11.7 Å². The van der Waals surface area contributed by atoms with Crippen LogP contribution in [0, 0.1) is 11.8 Å². The molecule has 1 fully saturated rings. The Hall–Kier alpha value is -0.980. The fraction of sp³-hybridized carbons (Fsp3) is 0.867. The van der Waals surface area contributed by atoms with Crippen LogP contribution in [0.1, 0.15) is 38.4 Å². The number of rotatable bonds is 8. The smallest absolute Gasteiger partial charge is 0.226 e. The van der Waals surface area contributed by atoms with Crippen molar-refractivity contribution in [2.24, 2.45) is 11.8 Å². The number of aliphatic hydroxyl groups excluding tert-OH is 1. The molecular formula is C15H28N4O2. The van der Waals surface area contributed by atoms with E-state index in [0.717, 1.165) is 44.3 Å². The Bertz CT molecular complexity index is 400. The lowest BCUT2D eigenvalue weighted by molar-refractivity contribution is 0.146. The fourth-order valence-electron chi connectivity index (χ4n) is 2.74. The van der Waals surface area contributed by atoms with E-state index in [1.165, 1.54) is 12.8 Å². The molecule has 1 saturated heterocycles. The van der Waals surface area contributed by atoms with E-state index in [2.05, 4.69) is 34.2 Å². The standard InChI is InChI=1S/C15H28N4O2/c1-12(2)9-15-17-14(18-21-15)11-16-10-13-3-5-19(6-4-13)7-8-20/h12-13,16,20H,3-11H2,1-2H3. The molecule has 2 rings (SSSR count). The van der Waals surface area contributed by atoms with Gasteiger partial charge in [-0.3, -0.25) is 0 Å². The first-order valence-electron chi connectivity index (χ1n) is 8.02. The zero-order valence-electron chi connectivity index (χ0n) is 13.2. The summed E-state index contributed by atoms with van der Waals surface area (Å²) in [6.45, 7) is 9.22. The van der Waals surface area contributed by atoms with Crippen molar-refractivity contribution < 1.29 is 9.63 Å². The van der Waals surface area contributed by atoms with E-state index in [4.69, 9.17) is 9.63 Å². The first-order valence-corrected chi connectivity index (χ1v) is 8.02. The predicted molar refractivity (Wildman–Crippen MR) is 80.8 cm³/mol. The Morgan fingerprint density at radius 2 is 2.14 bits per heavy atom. The maximum absolute atomic E-state index is 8.93. The number of aromatic nitrogens is 2. The Morgan fingerprint density at radius 3 is 2.81 bits per heavy atom. The lowest BCUT2D eigenvalue weighted by Crippen LogP contribution is -2.38. The molecule has 6 heteroatoms. The van der Waals surface area contributed by atoms with Gasteiger partial charge >= 0.3 is 0 Å². The zero-order valence-corrected chi connectivity index (χ0v) is 13.2. The van der Waals surface area contributed by atoms with Crippen molar-refractivity contribution in [2.45, 2.75) is 39.7 Å². The van der Waals surface area contributed by atoms with Gasteiger partial charge in [0.05, 0.1) is 13.2 Å². The minimum absolute atomic E-state index is 0.263. The second-order valence-corrected chi connectivity index (χ2v) is 6.34. The molecule has 0 radical (unpaired) electrons. The van der Waals surface area contributed by atoms with Gasteiger partial charge in [0.25, 0.3) is 0 Å². The number of nitrogens with zero attached hydrogens (tertiary/aromatic N) is 3. The van der Waals surface area contributed by atoms with Gasteiger partial charge in [-0.1, -0.05) is 19.0 Å². The summed E-state index contributed by atoms with van der Waals surface area (Å²) < 4.78 is 5.23. The van der Waals surface area contributed by atoms with Gasteiger partial charge < -0.3 is 19.8 Å². The lowest BCUT2D eigenvalue weighted by atomic mass is 9.97. The summed E-state index contributed by atoms with van der Waals surface area (Å²) in [6.07, 6.45) is 3.23. The van der Waals surface area contributed by atoms with Gasteiger partial charge in [0.15, 0.2) is 5.82 Å². The summed E-state index contributed by atoms with van der Waals surface area (Å²) in [6, 6.07) is 0. The van der Waals surface area contributed by atoms with Gasteiger partial charge in [-0.05, 0) is 44.3 Å². The number of β-amino-alcohol motifs (C(OH)–C–C–N with tert-alkyl or cyclic N) is 1. The van der Waals surface area contributed by atoms with Crippen LogP contribution in [0.4, 0.5) is 0 Å². The molecule has 1 aliphatic heterocycles. The predicted octanol–water partition coefficient (Wildman–Crippen LogP) is 1.06. The van der Waals surface area contributed by atoms with Crippen molar-refractivity contribution in [3.8, 4) is 0 Å².